The van der Waals surface area contributed by atoms with E-state index in [1.807, 2.05) is 17.5 Å². The number of aromatic nitrogens is 3. The number of thiazole rings is 2. The molecule has 1 aliphatic rings. The third kappa shape index (κ3) is 5.53. The van der Waals surface area contributed by atoms with Crippen LogP contribution in [0.25, 0.3) is 11.3 Å². The van der Waals surface area contributed by atoms with E-state index in [9.17, 15) is 14.4 Å². The fraction of sp³-hybridized carbons (Fsp3) is 0.150. The Labute approximate surface area is 185 Å². The van der Waals surface area contributed by atoms with E-state index in [0.717, 1.165) is 11.3 Å². The molecule has 3 amide bonds. The lowest BCUT2D eigenvalue weighted by atomic mass is 10.1. The Bertz CT molecular complexity index is 1150. The first-order valence-electron chi connectivity index (χ1n) is 9.24. The molecule has 4 rings (SSSR count). The van der Waals surface area contributed by atoms with Gasteiger partial charge in [-0.05, 0) is 18.6 Å². The molecule has 1 unspecified atom stereocenters. The van der Waals surface area contributed by atoms with Gasteiger partial charge in [-0.25, -0.2) is 15.0 Å². The Balaban J connectivity index is 1.26. The van der Waals surface area contributed by atoms with Gasteiger partial charge in [0.15, 0.2) is 10.3 Å². The molecule has 4 heterocycles. The summed E-state index contributed by atoms with van der Waals surface area (Å²) in [6, 6.07) is 3.74. The van der Waals surface area contributed by atoms with Crippen molar-refractivity contribution in [2.45, 2.75) is 12.8 Å². The monoisotopic (exact) mass is 452 g/mol. The number of anilines is 2. The molecule has 0 saturated heterocycles. The number of hydrogen-bond acceptors (Lipinski definition) is 8. The van der Waals surface area contributed by atoms with Gasteiger partial charge in [0, 0.05) is 47.4 Å². The normalized spacial score (nSPS) is 15.1. The highest BCUT2D eigenvalue weighted by Crippen LogP contribution is 2.24. The number of carbonyl (C=O) groups excluding carboxylic acids is 3. The van der Waals surface area contributed by atoms with Crippen molar-refractivity contribution in [1.29, 1.82) is 0 Å². The first kappa shape index (κ1) is 20.7. The largest absolute Gasteiger partial charge is 0.302 e. The van der Waals surface area contributed by atoms with Crippen molar-refractivity contribution >= 4 is 56.9 Å². The van der Waals surface area contributed by atoms with Gasteiger partial charge in [-0.1, -0.05) is 6.08 Å². The highest BCUT2D eigenvalue weighted by molar-refractivity contribution is 7.14. The van der Waals surface area contributed by atoms with Crippen LogP contribution >= 0.6 is 22.7 Å². The minimum absolute atomic E-state index is 0.168. The Morgan fingerprint density at radius 2 is 1.94 bits per heavy atom. The van der Waals surface area contributed by atoms with Crippen molar-refractivity contribution in [3.05, 3.63) is 53.1 Å². The summed E-state index contributed by atoms with van der Waals surface area (Å²) in [7, 11) is 0. The lowest BCUT2D eigenvalue weighted by Gasteiger charge is -2.08. The molecule has 31 heavy (non-hydrogen) atoms. The minimum Gasteiger partial charge on any atom is -0.302 e. The van der Waals surface area contributed by atoms with Gasteiger partial charge in [0.05, 0.1) is 17.3 Å². The van der Waals surface area contributed by atoms with Crippen LogP contribution in [0.15, 0.2) is 52.4 Å². The topological polar surface area (TPSA) is 126 Å². The van der Waals surface area contributed by atoms with E-state index in [2.05, 4.69) is 30.6 Å². The van der Waals surface area contributed by atoms with E-state index in [0.29, 0.717) is 22.4 Å². The van der Waals surface area contributed by atoms with Crippen LogP contribution in [0.1, 0.15) is 12.1 Å². The zero-order valence-electron chi connectivity index (χ0n) is 16.0. The van der Waals surface area contributed by atoms with E-state index in [-0.39, 0.29) is 24.1 Å². The van der Waals surface area contributed by atoms with Gasteiger partial charge >= 0.3 is 0 Å². The van der Waals surface area contributed by atoms with E-state index < -0.39 is 5.92 Å². The summed E-state index contributed by atoms with van der Waals surface area (Å²) < 4.78 is 0. The fourth-order valence-electron chi connectivity index (χ4n) is 2.66. The summed E-state index contributed by atoms with van der Waals surface area (Å²) in [6.45, 7) is 0. The number of hydrogen-bond donors (Lipinski definition) is 2. The number of aliphatic imine (C=N–C) groups is 1. The average Bonchev–Trinajstić information content (AvgIpc) is 3.43. The van der Waals surface area contributed by atoms with E-state index in [4.69, 9.17) is 0 Å². The average molecular weight is 453 g/mol. The predicted octanol–water partition coefficient (Wildman–Crippen LogP) is 2.95. The fourth-order valence-corrected chi connectivity index (χ4v) is 4.14. The molecule has 9 nitrogen and oxygen atoms in total. The number of nitrogens with one attached hydrogen (secondary N) is 2. The first-order chi connectivity index (χ1) is 15.1. The van der Waals surface area contributed by atoms with E-state index in [1.54, 1.807) is 17.8 Å². The number of carbonyl (C=O) groups is 3. The van der Waals surface area contributed by atoms with E-state index in [1.165, 1.54) is 41.0 Å². The van der Waals surface area contributed by atoms with Crippen LogP contribution in [-0.2, 0) is 20.8 Å². The third-order valence-corrected chi connectivity index (χ3v) is 5.77. The molecule has 0 spiro atoms. The molecule has 3 aromatic rings. The lowest BCUT2D eigenvalue weighted by Crippen LogP contribution is -2.24. The summed E-state index contributed by atoms with van der Waals surface area (Å²) in [5.41, 5.74) is 2.35. The Kier molecular flexibility index (Phi) is 6.34. The summed E-state index contributed by atoms with van der Waals surface area (Å²) >= 11 is 2.62. The van der Waals surface area contributed by atoms with Gasteiger partial charge in [0.2, 0.25) is 11.8 Å². The molecular weight excluding hydrogens is 436 g/mol. The van der Waals surface area contributed by atoms with Crippen molar-refractivity contribution in [1.82, 2.24) is 15.0 Å². The van der Waals surface area contributed by atoms with Gasteiger partial charge < -0.3 is 10.6 Å². The molecule has 0 bridgehead atoms. The van der Waals surface area contributed by atoms with Crippen molar-refractivity contribution in [3.63, 3.8) is 0 Å². The number of aryl methyl sites for hydroxylation is 1. The molecule has 3 aromatic heterocycles. The van der Waals surface area contributed by atoms with Crippen molar-refractivity contribution in [2.24, 2.45) is 10.9 Å². The zero-order valence-corrected chi connectivity index (χ0v) is 17.7. The Morgan fingerprint density at radius 1 is 1.10 bits per heavy atom. The molecule has 0 aromatic carbocycles. The summed E-state index contributed by atoms with van der Waals surface area (Å²) in [5, 5.41) is 10.1. The van der Waals surface area contributed by atoms with Crippen LogP contribution in [0.5, 0.6) is 0 Å². The van der Waals surface area contributed by atoms with Crippen molar-refractivity contribution in [3.8, 4) is 11.3 Å². The predicted molar refractivity (Wildman–Crippen MR) is 119 cm³/mol. The smallest absolute Gasteiger partial charge is 0.269 e. The molecule has 0 radical (unpaired) electrons. The molecular formula is C20H16N6O3S2. The summed E-state index contributed by atoms with van der Waals surface area (Å²) in [4.78, 5) is 51.9. The third-order valence-electron chi connectivity index (χ3n) is 4.21. The van der Waals surface area contributed by atoms with Crippen LogP contribution in [0.2, 0.25) is 0 Å². The minimum atomic E-state index is -0.606. The second-order valence-electron chi connectivity index (χ2n) is 6.46. The van der Waals surface area contributed by atoms with E-state index >= 15 is 0 Å². The lowest BCUT2D eigenvalue weighted by molar-refractivity contribution is -0.117. The first-order valence-corrected chi connectivity index (χ1v) is 11.0. The number of rotatable bonds is 7. The molecule has 11 heteroatoms. The maximum absolute atomic E-state index is 12.2. The summed E-state index contributed by atoms with van der Waals surface area (Å²) in [6.07, 6.45) is 8.12. The van der Waals surface area contributed by atoms with Gasteiger partial charge in [-0.2, -0.15) is 0 Å². The standard InChI is InChI=1S/C20H16N6O3S2/c27-16-5-3-13(9-22-16)18(29)26-19-23-14(10-30-19)4-6-17(28)25-20-24-15(11-31-20)12-2-1-7-21-8-12/h1-3,5,7-11,13H,4,6H2,(H,23,26,29)(H,24,25,28). The van der Waals surface area contributed by atoms with Crippen LogP contribution in [0.4, 0.5) is 10.3 Å². The van der Waals surface area contributed by atoms with Crippen molar-refractivity contribution in [2.75, 3.05) is 10.6 Å². The SMILES string of the molecule is O=C1C=CC(C(=O)Nc2nc(CCC(=O)Nc3nc(-c4cccnc4)cs3)cs2)C=N1. The molecule has 2 N–H and O–H groups in total. The van der Waals surface area contributed by atoms with Crippen LogP contribution in [-0.4, -0.2) is 38.9 Å². The highest BCUT2D eigenvalue weighted by atomic mass is 32.1. The highest BCUT2D eigenvalue weighted by Gasteiger charge is 2.18. The molecule has 1 aliphatic heterocycles. The molecule has 0 aliphatic carbocycles. The van der Waals surface area contributed by atoms with Gasteiger partial charge in [-0.3, -0.25) is 19.4 Å². The molecule has 156 valence electrons. The zero-order chi connectivity index (χ0) is 21.6. The summed E-state index contributed by atoms with van der Waals surface area (Å²) in [5.74, 6) is -1.48. The van der Waals surface area contributed by atoms with Gasteiger partial charge in [0.25, 0.3) is 5.91 Å². The molecule has 0 saturated carbocycles. The number of pyridine rings is 1. The number of nitrogens with zero attached hydrogens (tertiary/aromatic N) is 4. The second kappa shape index (κ2) is 9.49. The van der Waals surface area contributed by atoms with Crippen LogP contribution in [0.3, 0.4) is 0 Å². The molecule has 1 atom stereocenters. The maximum atomic E-state index is 12.2. The van der Waals surface area contributed by atoms with Crippen LogP contribution in [0, 0.1) is 5.92 Å². The van der Waals surface area contributed by atoms with Gasteiger partial charge in [0.1, 0.15) is 0 Å². The van der Waals surface area contributed by atoms with Crippen molar-refractivity contribution < 1.29 is 14.4 Å². The second-order valence-corrected chi connectivity index (χ2v) is 8.18. The number of amides is 3. The maximum Gasteiger partial charge on any atom is 0.269 e. The Hall–Kier alpha value is -3.57. The van der Waals surface area contributed by atoms with Gasteiger partial charge in [-0.15, -0.1) is 22.7 Å². The number of dihydropyridines is 1. The van der Waals surface area contributed by atoms with Crippen LogP contribution < -0.4 is 10.6 Å². The quantitative estimate of drug-likeness (QED) is 0.568. The molecule has 0 fully saturated rings. The Morgan fingerprint density at radius 3 is 2.71 bits per heavy atom.